The van der Waals surface area contributed by atoms with Gasteiger partial charge in [0.25, 0.3) is 0 Å². The van der Waals surface area contributed by atoms with E-state index in [1.165, 1.54) is 12.8 Å². The molecule has 0 radical (unpaired) electrons. The lowest BCUT2D eigenvalue weighted by Gasteiger charge is -2.06. The van der Waals surface area contributed by atoms with E-state index in [0.29, 0.717) is 11.3 Å². The van der Waals surface area contributed by atoms with Gasteiger partial charge in [-0.3, -0.25) is 0 Å². The number of carbonyl (C=O) groups is 1. The van der Waals surface area contributed by atoms with Crippen LogP contribution in [0.2, 0.25) is 0 Å². The molecule has 0 unspecified atom stereocenters. The maximum absolute atomic E-state index is 11.0. The van der Waals surface area contributed by atoms with Crippen LogP contribution in [-0.4, -0.2) is 16.8 Å². The molecule has 0 saturated heterocycles. The summed E-state index contributed by atoms with van der Waals surface area (Å²) >= 11 is 1.57. The Hall–Kier alpha value is -1.16. The van der Waals surface area contributed by atoms with Crippen molar-refractivity contribution in [2.75, 3.05) is 11.5 Å². The first-order valence-corrected chi connectivity index (χ1v) is 6.39. The number of aromatic carboxylic acids is 1. The molecule has 88 valence electrons. The largest absolute Gasteiger partial charge is 0.478 e. The van der Waals surface area contributed by atoms with Gasteiger partial charge in [0, 0.05) is 10.6 Å². The fourth-order valence-electron chi connectivity index (χ4n) is 1.37. The van der Waals surface area contributed by atoms with Crippen molar-refractivity contribution in [2.45, 2.75) is 31.1 Å². The van der Waals surface area contributed by atoms with Gasteiger partial charge in [0.1, 0.15) is 0 Å². The Kier molecular flexibility index (Phi) is 5.19. The highest BCUT2D eigenvalue weighted by atomic mass is 32.2. The molecule has 16 heavy (non-hydrogen) atoms. The highest BCUT2D eigenvalue weighted by Gasteiger charge is 2.10. The van der Waals surface area contributed by atoms with E-state index >= 15 is 0 Å². The van der Waals surface area contributed by atoms with Crippen LogP contribution in [0.3, 0.4) is 0 Å². The van der Waals surface area contributed by atoms with E-state index in [1.54, 1.807) is 30.0 Å². The summed E-state index contributed by atoms with van der Waals surface area (Å²) in [5, 5.41) is 9.01. The third-order valence-corrected chi connectivity index (χ3v) is 3.38. The molecule has 0 aromatic heterocycles. The first kappa shape index (κ1) is 12.9. The summed E-state index contributed by atoms with van der Waals surface area (Å²) in [6, 6.07) is 4.93. The summed E-state index contributed by atoms with van der Waals surface area (Å²) < 4.78 is 0. The second kappa shape index (κ2) is 6.43. The Bertz CT molecular complexity index is 366. The molecule has 1 aromatic carbocycles. The van der Waals surface area contributed by atoms with Gasteiger partial charge in [-0.25, -0.2) is 4.79 Å². The summed E-state index contributed by atoms with van der Waals surface area (Å²) in [6.07, 6.45) is 3.45. The van der Waals surface area contributed by atoms with Crippen LogP contribution in [0, 0.1) is 0 Å². The lowest BCUT2D eigenvalue weighted by Crippen LogP contribution is -2.00. The zero-order valence-corrected chi connectivity index (χ0v) is 10.2. The summed E-state index contributed by atoms with van der Waals surface area (Å²) in [7, 11) is 0. The van der Waals surface area contributed by atoms with Crippen molar-refractivity contribution in [3.63, 3.8) is 0 Å². The number of benzene rings is 1. The average Bonchev–Trinajstić information content (AvgIpc) is 2.24. The minimum atomic E-state index is -0.891. The third-order valence-electron chi connectivity index (χ3n) is 2.24. The van der Waals surface area contributed by atoms with E-state index in [2.05, 4.69) is 6.92 Å². The van der Waals surface area contributed by atoms with Crippen LogP contribution in [0.5, 0.6) is 0 Å². The number of thioether (sulfide) groups is 1. The van der Waals surface area contributed by atoms with Gasteiger partial charge in [-0.15, -0.1) is 11.8 Å². The number of unbranched alkanes of at least 4 members (excludes halogenated alkanes) is 2. The number of nitrogen functional groups attached to an aromatic ring is 1. The van der Waals surface area contributed by atoms with Crippen LogP contribution < -0.4 is 5.73 Å². The SMILES string of the molecule is CCCCCSc1cc(N)ccc1C(=O)O. The summed E-state index contributed by atoms with van der Waals surface area (Å²) in [5.74, 6) is 0.0513. The summed E-state index contributed by atoms with van der Waals surface area (Å²) in [5.41, 5.74) is 6.61. The maximum Gasteiger partial charge on any atom is 0.336 e. The van der Waals surface area contributed by atoms with Crippen LogP contribution in [0.1, 0.15) is 36.5 Å². The molecular formula is C12H17NO2S. The third kappa shape index (κ3) is 3.77. The van der Waals surface area contributed by atoms with Crippen LogP contribution >= 0.6 is 11.8 Å². The lowest BCUT2D eigenvalue weighted by molar-refractivity contribution is 0.0693. The van der Waals surface area contributed by atoms with Gasteiger partial charge < -0.3 is 10.8 Å². The monoisotopic (exact) mass is 239 g/mol. The Balaban J connectivity index is 2.68. The van der Waals surface area contributed by atoms with Gasteiger partial charge in [0.2, 0.25) is 0 Å². The van der Waals surface area contributed by atoms with Gasteiger partial charge in [0.05, 0.1) is 5.56 Å². The molecular weight excluding hydrogens is 222 g/mol. The normalized spacial score (nSPS) is 10.3. The van der Waals surface area contributed by atoms with Crippen molar-refractivity contribution in [2.24, 2.45) is 0 Å². The number of rotatable bonds is 6. The van der Waals surface area contributed by atoms with Crippen LogP contribution in [0.15, 0.2) is 23.1 Å². The van der Waals surface area contributed by atoms with Crippen LogP contribution in [0.25, 0.3) is 0 Å². The van der Waals surface area contributed by atoms with E-state index in [1.807, 2.05) is 0 Å². The van der Waals surface area contributed by atoms with E-state index < -0.39 is 5.97 Å². The molecule has 0 atom stereocenters. The van der Waals surface area contributed by atoms with Gasteiger partial charge >= 0.3 is 5.97 Å². The fourth-order valence-corrected chi connectivity index (χ4v) is 2.47. The Labute approximate surface area is 100 Å². The van der Waals surface area contributed by atoms with Gasteiger partial charge in [-0.05, 0) is 30.4 Å². The van der Waals surface area contributed by atoms with Crippen molar-refractivity contribution in [3.8, 4) is 0 Å². The standard InChI is InChI=1S/C12H17NO2S/c1-2-3-4-7-16-11-8-9(13)5-6-10(11)12(14)15/h5-6,8H,2-4,7,13H2,1H3,(H,14,15). The quantitative estimate of drug-likeness (QED) is 0.454. The molecule has 0 amide bonds. The van der Waals surface area contributed by atoms with Crippen LogP contribution in [-0.2, 0) is 0 Å². The minimum Gasteiger partial charge on any atom is -0.478 e. The summed E-state index contributed by atoms with van der Waals surface area (Å²) in [4.78, 5) is 11.7. The molecule has 0 saturated carbocycles. The van der Waals surface area contributed by atoms with Crippen molar-refractivity contribution >= 4 is 23.4 Å². The van der Waals surface area contributed by atoms with Crippen molar-refractivity contribution in [3.05, 3.63) is 23.8 Å². The maximum atomic E-state index is 11.0. The fraction of sp³-hybridized carbons (Fsp3) is 0.417. The van der Waals surface area contributed by atoms with E-state index in [-0.39, 0.29) is 0 Å². The van der Waals surface area contributed by atoms with E-state index in [4.69, 9.17) is 10.8 Å². The van der Waals surface area contributed by atoms with Gasteiger partial charge in [-0.2, -0.15) is 0 Å². The first-order chi connectivity index (χ1) is 7.65. The Morgan fingerprint density at radius 1 is 1.44 bits per heavy atom. The molecule has 0 bridgehead atoms. The molecule has 3 nitrogen and oxygen atoms in total. The molecule has 0 aliphatic carbocycles. The Morgan fingerprint density at radius 2 is 2.19 bits per heavy atom. The van der Waals surface area contributed by atoms with E-state index in [0.717, 1.165) is 17.1 Å². The molecule has 0 fully saturated rings. The van der Waals surface area contributed by atoms with Gasteiger partial charge in [-0.1, -0.05) is 19.8 Å². The molecule has 3 N–H and O–H groups in total. The number of nitrogens with two attached hydrogens (primary N) is 1. The Morgan fingerprint density at radius 3 is 2.81 bits per heavy atom. The van der Waals surface area contributed by atoms with E-state index in [9.17, 15) is 4.79 Å². The zero-order valence-electron chi connectivity index (χ0n) is 9.40. The van der Waals surface area contributed by atoms with Crippen molar-refractivity contribution in [1.29, 1.82) is 0 Å². The molecule has 1 aromatic rings. The molecule has 0 aliphatic rings. The molecule has 0 aliphatic heterocycles. The van der Waals surface area contributed by atoms with Crippen molar-refractivity contribution < 1.29 is 9.90 Å². The number of hydrogen-bond acceptors (Lipinski definition) is 3. The average molecular weight is 239 g/mol. The molecule has 0 spiro atoms. The zero-order chi connectivity index (χ0) is 12.0. The molecule has 4 heteroatoms. The highest BCUT2D eigenvalue weighted by molar-refractivity contribution is 7.99. The summed E-state index contributed by atoms with van der Waals surface area (Å²) in [6.45, 7) is 2.15. The number of carboxylic acids is 1. The number of anilines is 1. The van der Waals surface area contributed by atoms with Crippen molar-refractivity contribution in [1.82, 2.24) is 0 Å². The lowest BCUT2D eigenvalue weighted by atomic mass is 10.2. The second-order valence-corrected chi connectivity index (χ2v) is 4.75. The predicted octanol–water partition coefficient (Wildman–Crippen LogP) is 3.25. The second-order valence-electron chi connectivity index (χ2n) is 3.62. The highest BCUT2D eigenvalue weighted by Crippen LogP contribution is 2.26. The number of hydrogen-bond donors (Lipinski definition) is 2. The van der Waals surface area contributed by atoms with Crippen LogP contribution in [0.4, 0.5) is 5.69 Å². The first-order valence-electron chi connectivity index (χ1n) is 5.40. The molecule has 0 heterocycles. The predicted molar refractivity (Wildman–Crippen MR) is 68.1 cm³/mol. The smallest absolute Gasteiger partial charge is 0.336 e. The topological polar surface area (TPSA) is 63.3 Å². The molecule has 1 rings (SSSR count). The number of carboxylic acid groups (broad SMARTS) is 1. The van der Waals surface area contributed by atoms with Gasteiger partial charge in [0.15, 0.2) is 0 Å². The minimum absolute atomic E-state index is 0.343.